The maximum absolute atomic E-state index is 11.8. The number of urea groups is 1. The molecule has 0 saturated heterocycles. The molecular formula is C16H16N2O2S. The van der Waals surface area contributed by atoms with Crippen LogP contribution in [0.25, 0.3) is 11.0 Å². The minimum Gasteiger partial charge on any atom is -0.461 e. The summed E-state index contributed by atoms with van der Waals surface area (Å²) in [5.41, 5.74) is 0.878. The van der Waals surface area contributed by atoms with Gasteiger partial charge in [0, 0.05) is 17.8 Å². The molecule has 4 nitrogen and oxygen atoms in total. The van der Waals surface area contributed by atoms with Crippen molar-refractivity contribution in [3.8, 4) is 0 Å². The number of fused-ring (bicyclic) bond motifs is 1. The first-order valence-electron chi connectivity index (χ1n) is 6.79. The first-order valence-corrected chi connectivity index (χ1v) is 7.67. The predicted molar refractivity (Wildman–Crippen MR) is 85.9 cm³/mol. The van der Waals surface area contributed by atoms with Gasteiger partial charge in [0.2, 0.25) is 0 Å². The minimum atomic E-state index is -0.193. The van der Waals surface area contributed by atoms with Crippen molar-refractivity contribution in [2.45, 2.75) is 19.4 Å². The molecule has 3 rings (SSSR count). The van der Waals surface area contributed by atoms with Crippen molar-refractivity contribution in [1.82, 2.24) is 5.32 Å². The summed E-state index contributed by atoms with van der Waals surface area (Å²) in [6.45, 7) is 1.96. The van der Waals surface area contributed by atoms with Crippen LogP contribution in [0.3, 0.4) is 0 Å². The number of furan rings is 1. The molecule has 0 saturated carbocycles. The van der Waals surface area contributed by atoms with Gasteiger partial charge in [0.25, 0.3) is 0 Å². The van der Waals surface area contributed by atoms with Gasteiger partial charge in [-0.05, 0) is 36.6 Å². The van der Waals surface area contributed by atoms with Crippen LogP contribution in [-0.4, -0.2) is 12.1 Å². The molecule has 0 spiro atoms. The fourth-order valence-corrected chi connectivity index (χ4v) is 2.82. The summed E-state index contributed by atoms with van der Waals surface area (Å²) in [5, 5.41) is 9.56. The van der Waals surface area contributed by atoms with E-state index in [1.807, 2.05) is 54.8 Å². The van der Waals surface area contributed by atoms with Gasteiger partial charge in [0.15, 0.2) is 0 Å². The second-order valence-electron chi connectivity index (χ2n) is 4.93. The highest BCUT2D eigenvalue weighted by atomic mass is 32.1. The van der Waals surface area contributed by atoms with E-state index in [1.165, 1.54) is 11.3 Å². The van der Waals surface area contributed by atoms with E-state index >= 15 is 0 Å². The molecule has 5 heteroatoms. The van der Waals surface area contributed by atoms with Crippen molar-refractivity contribution in [3.05, 3.63) is 53.6 Å². The Kier molecular flexibility index (Phi) is 3.92. The fraction of sp³-hybridized carbons (Fsp3) is 0.188. The van der Waals surface area contributed by atoms with Crippen LogP contribution in [0.5, 0.6) is 0 Å². The van der Waals surface area contributed by atoms with Crippen LogP contribution in [0.4, 0.5) is 9.80 Å². The summed E-state index contributed by atoms with van der Waals surface area (Å²) in [5.74, 6) is 0.875. The summed E-state index contributed by atoms with van der Waals surface area (Å²) in [4.78, 5) is 11.8. The summed E-state index contributed by atoms with van der Waals surface area (Å²) in [6, 6.07) is 13.5. The number of benzene rings is 1. The van der Waals surface area contributed by atoms with Gasteiger partial charge in [-0.2, -0.15) is 0 Å². The molecular weight excluding hydrogens is 284 g/mol. The normalized spacial score (nSPS) is 12.2. The number of hydrogen-bond donors (Lipinski definition) is 2. The average molecular weight is 300 g/mol. The van der Waals surface area contributed by atoms with Crippen molar-refractivity contribution in [1.29, 1.82) is 0 Å². The zero-order chi connectivity index (χ0) is 14.7. The third-order valence-electron chi connectivity index (χ3n) is 3.12. The van der Waals surface area contributed by atoms with Crippen molar-refractivity contribution in [2.75, 3.05) is 5.32 Å². The number of rotatable bonds is 4. The lowest BCUT2D eigenvalue weighted by Crippen LogP contribution is -2.37. The standard InChI is InChI=1S/C16H16N2O2S/c1-11(17-16(19)18-15-7-4-8-21-15)9-13-10-12-5-2-3-6-14(12)20-13/h2-8,10-11H,9H2,1H3,(H2,17,18,19)/t11-/m0/s1. The molecule has 21 heavy (non-hydrogen) atoms. The summed E-state index contributed by atoms with van der Waals surface area (Å²) < 4.78 is 5.76. The highest BCUT2D eigenvalue weighted by molar-refractivity contribution is 7.14. The third kappa shape index (κ3) is 3.44. The number of nitrogens with one attached hydrogen (secondary N) is 2. The van der Waals surface area contributed by atoms with Crippen LogP contribution in [0, 0.1) is 0 Å². The van der Waals surface area contributed by atoms with Crippen LogP contribution in [0.15, 0.2) is 52.3 Å². The molecule has 0 aliphatic heterocycles. The minimum absolute atomic E-state index is 0.00877. The fourth-order valence-electron chi connectivity index (χ4n) is 2.21. The van der Waals surface area contributed by atoms with E-state index in [0.29, 0.717) is 6.42 Å². The number of para-hydroxylation sites is 1. The lowest BCUT2D eigenvalue weighted by atomic mass is 10.2. The summed E-state index contributed by atoms with van der Waals surface area (Å²) in [7, 11) is 0. The topological polar surface area (TPSA) is 54.3 Å². The zero-order valence-electron chi connectivity index (χ0n) is 11.6. The molecule has 0 fully saturated rings. The maximum atomic E-state index is 11.8. The molecule has 2 heterocycles. The average Bonchev–Trinajstić information content (AvgIpc) is 3.06. The van der Waals surface area contributed by atoms with E-state index < -0.39 is 0 Å². The van der Waals surface area contributed by atoms with Crippen molar-refractivity contribution in [3.63, 3.8) is 0 Å². The van der Waals surface area contributed by atoms with E-state index in [9.17, 15) is 4.79 Å². The van der Waals surface area contributed by atoms with Gasteiger partial charge in [0.05, 0.1) is 5.00 Å². The van der Waals surface area contributed by atoms with Crippen LogP contribution < -0.4 is 10.6 Å². The Hall–Kier alpha value is -2.27. The summed E-state index contributed by atoms with van der Waals surface area (Å²) >= 11 is 1.49. The molecule has 3 aromatic rings. The van der Waals surface area contributed by atoms with Gasteiger partial charge in [-0.15, -0.1) is 11.3 Å². The number of thiophene rings is 1. The lowest BCUT2D eigenvalue weighted by Gasteiger charge is -2.12. The molecule has 2 aromatic heterocycles. The number of anilines is 1. The quantitative estimate of drug-likeness (QED) is 0.757. The second-order valence-corrected chi connectivity index (χ2v) is 5.88. The van der Waals surface area contributed by atoms with E-state index in [1.54, 1.807) is 0 Å². The van der Waals surface area contributed by atoms with E-state index in [0.717, 1.165) is 21.7 Å². The second kappa shape index (κ2) is 6.01. The molecule has 2 amide bonds. The Morgan fingerprint density at radius 2 is 2.14 bits per heavy atom. The Balaban J connectivity index is 1.58. The molecule has 0 bridgehead atoms. The van der Waals surface area contributed by atoms with Crippen LogP contribution in [-0.2, 0) is 6.42 Å². The largest absolute Gasteiger partial charge is 0.461 e. The molecule has 0 aliphatic rings. The molecule has 0 radical (unpaired) electrons. The first kappa shape index (κ1) is 13.7. The SMILES string of the molecule is C[C@@H](Cc1cc2ccccc2o1)NC(=O)Nc1cccs1. The molecule has 108 valence electrons. The van der Waals surface area contributed by atoms with Gasteiger partial charge >= 0.3 is 6.03 Å². The van der Waals surface area contributed by atoms with E-state index in [2.05, 4.69) is 10.6 Å². The maximum Gasteiger partial charge on any atom is 0.320 e. The van der Waals surface area contributed by atoms with E-state index in [-0.39, 0.29) is 12.1 Å². The zero-order valence-corrected chi connectivity index (χ0v) is 12.4. The highest BCUT2D eigenvalue weighted by Crippen LogP contribution is 2.20. The Morgan fingerprint density at radius 1 is 1.29 bits per heavy atom. The number of carbonyl (C=O) groups is 1. The van der Waals surface area contributed by atoms with Crippen LogP contribution in [0.1, 0.15) is 12.7 Å². The predicted octanol–water partition coefficient (Wildman–Crippen LogP) is 4.25. The Bertz CT molecular complexity index is 701. The molecule has 1 aromatic carbocycles. The molecule has 2 N–H and O–H groups in total. The van der Waals surface area contributed by atoms with Crippen LogP contribution >= 0.6 is 11.3 Å². The molecule has 1 atom stereocenters. The number of amides is 2. The van der Waals surface area contributed by atoms with Crippen molar-refractivity contribution < 1.29 is 9.21 Å². The lowest BCUT2D eigenvalue weighted by molar-refractivity contribution is 0.249. The van der Waals surface area contributed by atoms with Gasteiger partial charge < -0.3 is 9.73 Å². The summed E-state index contributed by atoms with van der Waals surface area (Å²) in [6.07, 6.45) is 0.659. The van der Waals surface area contributed by atoms with Crippen LogP contribution in [0.2, 0.25) is 0 Å². The van der Waals surface area contributed by atoms with Crippen molar-refractivity contribution >= 4 is 33.3 Å². The Labute approximate surface area is 126 Å². The highest BCUT2D eigenvalue weighted by Gasteiger charge is 2.11. The van der Waals surface area contributed by atoms with Gasteiger partial charge in [-0.3, -0.25) is 5.32 Å². The number of hydrogen-bond acceptors (Lipinski definition) is 3. The molecule has 0 aliphatic carbocycles. The first-order chi connectivity index (χ1) is 10.2. The Morgan fingerprint density at radius 3 is 2.90 bits per heavy atom. The third-order valence-corrected chi connectivity index (χ3v) is 3.90. The van der Waals surface area contributed by atoms with Gasteiger partial charge in [0.1, 0.15) is 11.3 Å². The smallest absolute Gasteiger partial charge is 0.320 e. The van der Waals surface area contributed by atoms with Gasteiger partial charge in [-0.25, -0.2) is 4.79 Å². The van der Waals surface area contributed by atoms with E-state index in [4.69, 9.17) is 4.42 Å². The van der Waals surface area contributed by atoms with Crippen molar-refractivity contribution in [2.24, 2.45) is 0 Å². The monoisotopic (exact) mass is 300 g/mol. The van der Waals surface area contributed by atoms with Gasteiger partial charge in [-0.1, -0.05) is 18.2 Å². The molecule has 0 unspecified atom stereocenters. The number of carbonyl (C=O) groups excluding carboxylic acids is 1.